The highest BCUT2D eigenvalue weighted by Gasteiger charge is 2.24. The number of aromatic nitrogens is 1. The molecule has 0 radical (unpaired) electrons. The molecular formula is C41H34N4O5S2. The first-order valence-corrected chi connectivity index (χ1v) is 17.9. The fourth-order valence-corrected chi connectivity index (χ4v) is 7.21. The standard InChI is InChI=1S/C41H34N4O5S2/c1-26-36(27-13-6-3-7-14-27)44-41(51-26)45-40(49)37(28-15-8-4-9-16-28)52-33-20-12-19-31(24-33)42-39(48)34(43-38(47)29-17-10-5-11-18-29)23-30-21-22-32(46)25-35(30)50-2/h3-25,37,46H,1-2H3,(H,42,48)(H,43,47)(H,44,45,49)/b34-23+. The summed E-state index contributed by atoms with van der Waals surface area (Å²) in [6.07, 6.45) is 1.48. The average Bonchev–Trinajstić information content (AvgIpc) is 3.54. The van der Waals surface area contributed by atoms with E-state index in [1.165, 1.54) is 48.4 Å². The number of carbonyl (C=O) groups is 3. The monoisotopic (exact) mass is 726 g/mol. The van der Waals surface area contributed by atoms with Crippen molar-refractivity contribution in [2.24, 2.45) is 0 Å². The summed E-state index contributed by atoms with van der Waals surface area (Å²) in [5.74, 6) is -1.01. The number of methoxy groups -OCH3 is 1. The van der Waals surface area contributed by atoms with Gasteiger partial charge < -0.3 is 25.8 Å². The number of hydrogen-bond donors (Lipinski definition) is 4. The van der Waals surface area contributed by atoms with E-state index < -0.39 is 17.1 Å². The lowest BCUT2D eigenvalue weighted by Gasteiger charge is -2.17. The third-order valence-corrected chi connectivity index (χ3v) is 9.94. The van der Waals surface area contributed by atoms with Gasteiger partial charge in [-0.25, -0.2) is 4.98 Å². The Hall–Kier alpha value is -6.17. The molecule has 0 saturated carbocycles. The van der Waals surface area contributed by atoms with Crippen molar-refractivity contribution in [1.29, 1.82) is 0 Å². The van der Waals surface area contributed by atoms with Crippen molar-refractivity contribution < 1.29 is 24.2 Å². The van der Waals surface area contributed by atoms with Gasteiger partial charge in [-0.1, -0.05) is 84.9 Å². The number of benzene rings is 5. The molecule has 1 heterocycles. The van der Waals surface area contributed by atoms with E-state index in [1.54, 1.807) is 54.6 Å². The first kappa shape index (κ1) is 35.6. The number of ether oxygens (including phenoxy) is 1. The third kappa shape index (κ3) is 8.94. The van der Waals surface area contributed by atoms with Crippen LogP contribution in [0.1, 0.15) is 31.6 Å². The van der Waals surface area contributed by atoms with Crippen LogP contribution in [-0.4, -0.2) is 34.9 Å². The molecule has 5 aromatic carbocycles. The van der Waals surface area contributed by atoms with Crippen LogP contribution in [-0.2, 0) is 9.59 Å². The lowest BCUT2D eigenvalue weighted by atomic mass is 10.1. The van der Waals surface area contributed by atoms with Gasteiger partial charge in [-0.3, -0.25) is 14.4 Å². The molecule has 1 unspecified atom stereocenters. The van der Waals surface area contributed by atoms with Crippen molar-refractivity contribution in [2.45, 2.75) is 17.1 Å². The third-order valence-electron chi connectivity index (χ3n) is 7.81. The normalized spacial score (nSPS) is 11.7. The number of carbonyl (C=O) groups excluding carboxylic acids is 3. The number of rotatable bonds is 12. The van der Waals surface area contributed by atoms with E-state index in [0.29, 0.717) is 27.7 Å². The number of thiazole rings is 1. The number of anilines is 2. The highest BCUT2D eigenvalue weighted by atomic mass is 32.2. The SMILES string of the molecule is COc1cc(O)ccc1/C=C(/NC(=O)c1ccccc1)C(=O)Nc1cccc(SC(C(=O)Nc2nc(-c3ccccc3)c(C)s2)c2ccccc2)c1. The largest absolute Gasteiger partial charge is 0.508 e. The Morgan fingerprint density at radius 3 is 2.23 bits per heavy atom. The Kier molecular flexibility index (Phi) is 11.4. The number of amides is 3. The summed E-state index contributed by atoms with van der Waals surface area (Å²) in [4.78, 5) is 47.3. The van der Waals surface area contributed by atoms with Gasteiger partial charge in [-0.15, -0.1) is 23.1 Å². The number of nitrogens with one attached hydrogen (secondary N) is 3. The zero-order valence-corrected chi connectivity index (χ0v) is 29.8. The number of aryl methyl sites for hydroxylation is 1. The van der Waals surface area contributed by atoms with Gasteiger partial charge in [0.25, 0.3) is 11.8 Å². The molecule has 3 amide bonds. The Morgan fingerprint density at radius 1 is 0.827 bits per heavy atom. The minimum absolute atomic E-state index is 0.0103. The van der Waals surface area contributed by atoms with Crippen LogP contribution in [0.25, 0.3) is 17.3 Å². The van der Waals surface area contributed by atoms with Gasteiger partial charge in [-0.2, -0.15) is 0 Å². The van der Waals surface area contributed by atoms with Crippen molar-refractivity contribution in [3.63, 3.8) is 0 Å². The molecule has 4 N–H and O–H groups in total. The Labute approximate surface area is 309 Å². The van der Waals surface area contributed by atoms with E-state index in [0.717, 1.165) is 26.6 Å². The van der Waals surface area contributed by atoms with Crippen molar-refractivity contribution >= 4 is 57.7 Å². The molecule has 6 aromatic rings. The summed E-state index contributed by atoms with van der Waals surface area (Å²) in [6.45, 7) is 1.98. The maximum atomic E-state index is 13.9. The highest BCUT2D eigenvalue weighted by Crippen LogP contribution is 2.38. The molecule has 11 heteroatoms. The van der Waals surface area contributed by atoms with Gasteiger partial charge in [0.1, 0.15) is 22.4 Å². The second-order valence-electron chi connectivity index (χ2n) is 11.5. The molecule has 1 atom stereocenters. The summed E-state index contributed by atoms with van der Waals surface area (Å²) < 4.78 is 5.40. The maximum absolute atomic E-state index is 13.9. The second-order valence-corrected chi connectivity index (χ2v) is 13.9. The van der Waals surface area contributed by atoms with Crippen LogP contribution < -0.4 is 20.7 Å². The van der Waals surface area contributed by atoms with Gasteiger partial charge in [-0.05, 0) is 61.0 Å². The molecule has 0 aliphatic heterocycles. The van der Waals surface area contributed by atoms with Gasteiger partial charge in [0.05, 0.1) is 12.8 Å². The average molecular weight is 727 g/mol. The van der Waals surface area contributed by atoms with Gasteiger partial charge in [0.2, 0.25) is 5.91 Å². The summed E-state index contributed by atoms with van der Waals surface area (Å²) in [6, 6.07) is 39.4. The number of nitrogens with zero attached hydrogens (tertiary/aromatic N) is 1. The summed E-state index contributed by atoms with van der Waals surface area (Å²) in [7, 11) is 1.44. The van der Waals surface area contributed by atoms with Gasteiger partial charge in [0.15, 0.2) is 5.13 Å². The summed E-state index contributed by atoms with van der Waals surface area (Å²) in [5.41, 5.74) is 3.83. The van der Waals surface area contributed by atoms with Crippen LogP contribution in [0.5, 0.6) is 11.5 Å². The van der Waals surface area contributed by atoms with Crippen LogP contribution in [0, 0.1) is 6.92 Å². The molecule has 0 aliphatic rings. The lowest BCUT2D eigenvalue weighted by Crippen LogP contribution is -2.30. The molecule has 9 nitrogen and oxygen atoms in total. The molecule has 6 rings (SSSR count). The van der Waals surface area contributed by atoms with E-state index in [1.807, 2.05) is 73.7 Å². The topological polar surface area (TPSA) is 130 Å². The first-order valence-electron chi connectivity index (χ1n) is 16.2. The van der Waals surface area contributed by atoms with E-state index in [4.69, 9.17) is 9.72 Å². The number of phenols is 1. The molecule has 52 heavy (non-hydrogen) atoms. The lowest BCUT2D eigenvalue weighted by molar-refractivity contribution is -0.116. The molecular weight excluding hydrogens is 693 g/mol. The minimum Gasteiger partial charge on any atom is -0.508 e. The Morgan fingerprint density at radius 2 is 1.52 bits per heavy atom. The van der Waals surface area contributed by atoms with Crippen molar-refractivity contribution in [3.05, 3.63) is 161 Å². The molecule has 0 saturated heterocycles. The summed E-state index contributed by atoms with van der Waals surface area (Å²) >= 11 is 2.75. The van der Waals surface area contributed by atoms with Crippen molar-refractivity contribution in [1.82, 2.24) is 10.3 Å². The van der Waals surface area contributed by atoms with Crippen LogP contribution >= 0.6 is 23.1 Å². The summed E-state index contributed by atoms with van der Waals surface area (Å²) in [5, 5.41) is 18.4. The molecule has 0 fully saturated rings. The van der Waals surface area contributed by atoms with E-state index >= 15 is 0 Å². The van der Waals surface area contributed by atoms with Gasteiger partial charge >= 0.3 is 0 Å². The first-order chi connectivity index (χ1) is 25.3. The number of aromatic hydroxyl groups is 1. The molecule has 1 aromatic heterocycles. The smallest absolute Gasteiger partial charge is 0.272 e. The Balaban J connectivity index is 1.24. The zero-order valence-electron chi connectivity index (χ0n) is 28.2. The van der Waals surface area contributed by atoms with E-state index in [-0.39, 0.29) is 17.4 Å². The van der Waals surface area contributed by atoms with Crippen LogP contribution in [0.15, 0.2) is 144 Å². The van der Waals surface area contributed by atoms with E-state index in [2.05, 4.69) is 16.0 Å². The number of phenolic OH excluding ortho intramolecular Hbond substituents is 1. The molecule has 0 aliphatic carbocycles. The van der Waals surface area contributed by atoms with Crippen LogP contribution in [0.3, 0.4) is 0 Å². The van der Waals surface area contributed by atoms with Crippen molar-refractivity contribution in [3.8, 4) is 22.8 Å². The minimum atomic E-state index is -0.640. The zero-order chi connectivity index (χ0) is 36.5. The van der Waals surface area contributed by atoms with Crippen LogP contribution in [0.4, 0.5) is 10.8 Å². The van der Waals surface area contributed by atoms with E-state index in [9.17, 15) is 19.5 Å². The fraction of sp³-hybridized carbons (Fsp3) is 0.0732. The predicted octanol–water partition coefficient (Wildman–Crippen LogP) is 8.71. The predicted molar refractivity (Wildman–Crippen MR) is 208 cm³/mol. The highest BCUT2D eigenvalue weighted by molar-refractivity contribution is 8.00. The van der Waals surface area contributed by atoms with Crippen molar-refractivity contribution in [2.75, 3.05) is 17.7 Å². The maximum Gasteiger partial charge on any atom is 0.272 e. The van der Waals surface area contributed by atoms with Gasteiger partial charge in [0, 0.05) is 38.2 Å². The number of hydrogen-bond acceptors (Lipinski definition) is 8. The fourth-order valence-electron chi connectivity index (χ4n) is 5.28. The Bertz CT molecular complexity index is 2220. The molecule has 0 bridgehead atoms. The molecule has 260 valence electrons. The number of thioether (sulfide) groups is 1. The van der Waals surface area contributed by atoms with Crippen LogP contribution in [0.2, 0.25) is 0 Å². The second kappa shape index (κ2) is 16.7. The quantitative estimate of drug-likeness (QED) is 0.0734. The molecule has 0 spiro atoms.